The molecule has 0 saturated heterocycles. The van der Waals surface area contributed by atoms with Crippen molar-refractivity contribution in [2.75, 3.05) is 26.0 Å². The van der Waals surface area contributed by atoms with Gasteiger partial charge in [-0.1, -0.05) is 20.8 Å². The van der Waals surface area contributed by atoms with E-state index in [1.807, 2.05) is 50.4 Å². The van der Waals surface area contributed by atoms with E-state index in [-0.39, 0.29) is 10.9 Å². The van der Waals surface area contributed by atoms with Crippen LogP contribution in [0.5, 0.6) is 5.75 Å². The fourth-order valence-electron chi connectivity index (χ4n) is 2.32. The molecule has 4 nitrogen and oxygen atoms in total. The third kappa shape index (κ3) is 3.29. The maximum atomic E-state index is 12.5. The van der Waals surface area contributed by atoms with Gasteiger partial charge >= 0.3 is 0 Å². The molecule has 1 aromatic rings. The minimum Gasteiger partial charge on any atom is -0.543 e. The molecule has 23 heavy (non-hydrogen) atoms. The van der Waals surface area contributed by atoms with Crippen molar-refractivity contribution in [3.8, 4) is 5.75 Å². The third-order valence-corrected chi connectivity index (χ3v) is 9.08. The van der Waals surface area contributed by atoms with Crippen molar-refractivity contribution in [2.45, 2.75) is 38.9 Å². The molecule has 1 heterocycles. The molecular formula is C18H28N2O2Si. The Kier molecular flexibility index (Phi) is 4.37. The van der Waals surface area contributed by atoms with Crippen molar-refractivity contribution >= 4 is 25.5 Å². The molecule has 0 radical (unpaired) electrons. The molecule has 0 bridgehead atoms. The van der Waals surface area contributed by atoms with E-state index in [1.54, 1.807) is 4.90 Å². The Morgan fingerprint density at radius 3 is 2.35 bits per heavy atom. The normalized spacial score (nSPS) is 16.8. The Bertz CT molecular complexity index is 657. The number of carbonyl (C=O) groups is 1. The van der Waals surface area contributed by atoms with Crippen molar-refractivity contribution in [2.24, 2.45) is 0 Å². The fourth-order valence-corrected chi connectivity index (χ4v) is 3.34. The largest absolute Gasteiger partial charge is 0.543 e. The zero-order chi connectivity index (χ0) is 17.6. The van der Waals surface area contributed by atoms with Crippen LogP contribution in [0.15, 0.2) is 24.4 Å². The second-order valence-electron chi connectivity index (χ2n) is 7.91. The Labute approximate surface area is 140 Å². The third-order valence-electron chi connectivity index (χ3n) is 4.72. The van der Waals surface area contributed by atoms with Crippen molar-refractivity contribution in [1.29, 1.82) is 0 Å². The number of nitrogens with zero attached hydrogens (tertiary/aromatic N) is 2. The monoisotopic (exact) mass is 332 g/mol. The van der Waals surface area contributed by atoms with Crippen LogP contribution in [-0.4, -0.2) is 40.3 Å². The first kappa shape index (κ1) is 17.6. The van der Waals surface area contributed by atoms with E-state index in [1.165, 1.54) is 0 Å². The molecule has 2 rings (SSSR count). The van der Waals surface area contributed by atoms with Gasteiger partial charge in [-0.15, -0.1) is 0 Å². The zero-order valence-electron chi connectivity index (χ0n) is 15.5. The van der Waals surface area contributed by atoms with Crippen molar-refractivity contribution in [3.05, 3.63) is 30.0 Å². The molecule has 0 N–H and O–H groups in total. The predicted octanol–water partition coefficient (Wildman–Crippen LogP) is 3.95. The molecule has 0 unspecified atom stereocenters. The van der Waals surface area contributed by atoms with E-state index >= 15 is 0 Å². The van der Waals surface area contributed by atoms with E-state index in [0.29, 0.717) is 0 Å². The van der Waals surface area contributed by atoms with Crippen LogP contribution in [0.3, 0.4) is 0 Å². The van der Waals surface area contributed by atoms with Gasteiger partial charge in [-0.25, -0.2) is 0 Å². The summed E-state index contributed by atoms with van der Waals surface area (Å²) >= 11 is 0. The number of hydrogen-bond acceptors (Lipinski definition) is 3. The highest BCUT2D eigenvalue weighted by molar-refractivity contribution is 6.74. The number of hydrogen-bond donors (Lipinski definition) is 0. The topological polar surface area (TPSA) is 32.8 Å². The molecule has 1 aliphatic heterocycles. The lowest BCUT2D eigenvalue weighted by molar-refractivity contribution is -0.112. The van der Waals surface area contributed by atoms with Crippen LogP contribution in [0.1, 0.15) is 26.3 Å². The SMILES string of the molecule is CN(C)C=C1C(=O)N(C)c2cc(O[Si](C)(C)C(C)(C)C)ccc21. The molecule has 0 aromatic heterocycles. The fraction of sp³-hybridized carbons (Fsp3) is 0.500. The Morgan fingerprint density at radius 1 is 1.22 bits per heavy atom. The van der Waals surface area contributed by atoms with Gasteiger partial charge in [-0.3, -0.25) is 4.79 Å². The molecule has 1 aliphatic rings. The first-order chi connectivity index (χ1) is 10.4. The highest BCUT2D eigenvalue weighted by Crippen LogP contribution is 2.41. The molecule has 126 valence electrons. The summed E-state index contributed by atoms with van der Waals surface area (Å²) in [6, 6.07) is 5.97. The molecular weight excluding hydrogens is 304 g/mol. The average Bonchev–Trinajstić information content (AvgIpc) is 2.62. The van der Waals surface area contributed by atoms with Crippen LogP contribution >= 0.6 is 0 Å². The minimum absolute atomic E-state index is 0.0261. The molecule has 1 aromatic carbocycles. The van der Waals surface area contributed by atoms with Crippen molar-refractivity contribution < 1.29 is 9.22 Å². The quantitative estimate of drug-likeness (QED) is 0.620. The Morgan fingerprint density at radius 2 is 1.83 bits per heavy atom. The summed E-state index contributed by atoms with van der Waals surface area (Å²) < 4.78 is 6.36. The molecule has 0 atom stereocenters. The van der Waals surface area contributed by atoms with Gasteiger partial charge in [0.25, 0.3) is 5.91 Å². The highest BCUT2D eigenvalue weighted by Gasteiger charge is 2.39. The maximum Gasteiger partial charge on any atom is 0.260 e. The lowest BCUT2D eigenvalue weighted by Crippen LogP contribution is -2.43. The maximum absolute atomic E-state index is 12.5. The summed E-state index contributed by atoms with van der Waals surface area (Å²) in [7, 11) is 3.77. The number of carbonyl (C=O) groups excluding carboxylic acids is 1. The van der Waals surface area contributed by atoms with Gasteiger partial charge < -0.3 is 14.2 Å². The highest BCUT2D eigenvalue weighted by atomic mass is 28.4. The standard InChI is InChI=1S/C18H28N2O2Si/c1-18(2,3)23(7,8)22-13-9-10-14-15(12-19(4)5)17(21)20(6)16(14)11-13/h9-12H,1-8H3. The van der Waals surface area contributed by atoms with Crippen LogP contribution in [0.2, 0.25) is 18.1 Å². The van der Waals surface area contributed by atoms with Crippen LogP contribution in [0.25, 0.3) is 5.57 Å². The van der Waals surface area contributed by atoms with Gasteiger partial charge in [0.05, 0.1) is 11.3 Å². The van der Waals surface area contributed by atoms with E-state index in [9.17, 15) is 4.79 Å². The molecule has 5 heteroatoms. The summed E-state index contributed by atoms with van der Waals surface area (Å²) in [4.78, 5) is 16.0. The number of likely N-dealkylation sites (N-methyl/N-ethyl adjacent to an activating group) is 1. The second kappa shape index (κ2) is 5.71. The van der Waals surface area contributed by atoms with Crippen LogP contribution in [0.4, 0.5) is 5.69 Å². The number of fused-ring (bicyclic) bond motifs is 1. The van der Waals surface area contributed by atoms with Crippen molar-refractivity contribution in [1.82, 2.24) is 4.90 Å². The average molecular weight is 333 g/mol. The van der Waals surface area contributed by atoms with Gasteiger partial charge in [0, 0.05) is 39.0 Å². The van der Waals surface area contributed by atoms with Gasteiger partial charge in [-0.05, 0) is 30.3 Å². The van der Waals surface area contributed by atoms with Crippen LogP contribution < -0.4 is 9.33 Å². The predicted molar refractivity (Wildman–Crippen MR) is 99.3 cm³/mol. The lowest BCUT2D eigenvalue weighted by Gasteiger charge is -2.36. The molecule has 0 fully saturated rings. The van der Waals surface area contributed by atoms with Crippen LogP contribution in [-0.2, 0) is 4.79 Å². The van der Waals surface area contributed by atoms with E-state index in [2.05, 4.69) is 33.9 Å². The van der Waals surface area contributed by atoms with Gasteiger partial charge in [0.1, 0.15) is 5.75 Å². The smallest absolute Gasteiger partial charge is 0.260 e. The first-order valence-electron chi connectivity index (χ1n) is 7.94. The van der Waals surface area contributed by atoms with E-state index in [0.717, 1.165) is 22.6 Å². The Balaban J connectivity index is 2.40. The van der Waals surface area contributed by atoms with Gasteiger partial charge in [0.2, 0.25) is 8.32 Å². The molecule has 0 spiro atoms. The van der Waals surface area contributed by atoms with E-state index < -0.39 is 8.32 Å². The number of benzene rings is 1. The van der Waals surface area contributed by atoms with E-state index in [4.69, 9.17) is 4.43 Å². The number of rotatable bonds is 3. The Hall–Kier alpha value is -1.75. The molecule has 0 saturated carbocycles. The summed E-state index contributed by atoms with van der Waals surface area (Å²) in [6.07, 6.45) is 1.87. The minimum atomic E-state index is -1.89. The number of amides is 1. The molecule has 0 aliphatic carbocycles. The first-order valence-corrected chi connectivity index (χ1v) is 10.8. The number of anilines is 1. The zero-order valence-corrected chi connectivity index (χ0v) is 16.5. The summed E-state index contributed by atoms with van der Waals surface area (Å²) in [6.45, 7) is 11.1. The van der Waals surface area contributed by atoms with Gasteiger partial charge in [-0.2, -0.15) is 0 Å². The van der Waals surface area contributed by atoms with Crippen LogP contribution in [0, 0.1) is 0 Å². The lowest BCUT2D eigenvalue weighted by atomic mass is 10.1. The van der Waals surface area contributed by atoms with Gasteiger partial charge in [0.15, 0.2) is 0 Å². The second-order valence-corrected chi connectivity index (χ2v) is 12.6. The summed E-state index contributed by atoms with van der Waals surface area (Å²) in [5.74, 6) is 0.874. The summed E-state index contributed by atoms with van der Waals surface area (Å²) in [5, 5.41) is 0.143. The van der Waals surface area contributed by atoms with Crippen molar-refractivity contribution in [3.63, 3.8) is 0 Å². The molecule has 1 amide bonds. The summed E-state index contributed by atoms with van der Waals surface area (Å²) in [5.41, 5.74) is 2.61.